The third kappa shape index (κ3) is 5.82. The van der Waals surface area contributed by atoms with Gasteiger partial charge in [-0.3, -0.25) is 14.5 Å². The van der Waals surface area contributed by atoms with Crippen molar-refractivity contribution in [2.45, 2.75) is 17.7 Å². The van der Waals surface area contributed by atoms with Crippen LogP contribution in [0.25, 0.3) is 23.0 Å². The van der Waals surface area contributed by atoms with Crippen LogP contribution in [0.3, 0.4) is 0 Å². The van der Waals surface area contributed by atoms with E-state index in [0.29, 0.717) is 32.5 Å². The number of nitrogens with zero attached hydrogens (tertiary/aromatic N) is 4. The van der Waals surface area contributed by atoms with Gasteiger partial charge in [0.05, 0.1) is 15.5 Å². The summed E-state index contributed by atoms with van der Waals surface area (Å²) in [6.07, 6.45) is 3.69. The van der Waals surface area contributed by atoms with Crippen molar-refractivity contribution in [1.29, 1.82) is 0 Å². The average Bonchev–Trinajstić information content (AvgIpc) is 3.40. The van der Waals surface area contributed by atoms with Crippen molar-refractivity contribution in [3.8, 4) is 16.9 Å². The van der Waals surface area contributed by atoms with Gasteiger partial charge in [0.15, 0.2) is 0 Å². The summed E-state index contributed by atoms with van der Waals surface area (Å²) in [5, 5.41) is 13.6. The van der Waals surface area contributed by atoms with Crippen LogP contribution in [-0.2, 0) is 19.6 Å². The molecule has 1 aromatic heterocycles. The molecule has 1 aliphatic rings. The van der Waals surface area contributed by atoms with Crippen LogP contribution >= 0.6 is 24.0 Å². The number of aliphatic carboxylic acids is 1. The lowest BCUT2D eigenvalue weighted by molar-refractivity contribution is -0.137. The molecule has 1 N–H and O–H groups in total. The third-order valence-electron chi connectivity index (χ3n) is 5.58. The highest BCUT2D eigenvalue weighted by Gasteiger charge is 2.32. The number of aromatic nitrogens is 2. The number of rotatable bonds is 9. The molecular weight excluding hydrogens is 532 g/mol. The third-order valence-corrected chi connectivity index (χ3v) is 8.77. The van der Waals surface area contributed by atoms with Crippen LogP contribution in [0.4, 0.5) is 0 Å². The van der Waals surface area contributed by atoms with Crippen LogP contribution in [0.15, 0.2) is 70.6 Å². The molecule has 0 unspecified atom stereocenters. The highest BCUT2D eigenvalue weighted by atomic mass is 32.2. The summed E-state index contributed by atoms with van der Waals surface area (Å²) >= 11 is 6.51. The normalized spacial score (nSPS) is 15.2. The van der Waals surface area contributed by atoms with Gasteiger partial charge in [0.1, 0.15) is 10.0 Å². The Bertz CT molecular complexity index is 1500. The second-order valence-electron chi connectivity index (χ2n) is 8.36. The van der Waals surface area contributed by atoms with Crippen LogP contribution in [0.2, 0.25) is 0 Å². The molecule has 1 fully saturated rings. The molecule has 37 heavy (non-hydrogen) atoms. The maximum absolute atomic E-state index is 13.1. The summed E-state index contributed by atoms with van der Waals surface area (Å²) in [5.74, 6) is -1.24. The Morgan fingerprint density at radius 2 is 1.89 bits per heavy atom. The van der Waals surface area contributed by atoms with Crippen molar-refractivity contribution in [3.05, 3.63) is 71.3 Å². The summed E-state index contributed by atoms with van der Waals surface area (Å²) in [6.45, 7) is 0.217. The number of thiocarbonyl (C=S) groups is 1. The number of carboxylic acids is 1. The number of sulfonamides is 1. The van der Waals surface area contributed by atoms with E-state index < -0.39 is 16.0 Å². The SMILES string of the molecule is CN(C)S(=O)(=O)c1cccc(-c2nn(-c3ccccc3)cc2/C=C2\SC(=S)N(CCCC(=O)O)C2=O)c1. The standard InChI is InChI=1S/C25H24N4O5S3/c1-27(2)37(33,34)20-11-6-8-17(14-20)23-18(16-29(26-23)19-9-4-3-5-10-19)15-21-24(32)28(25(35)36-21)13-7-12-22(30)31/h3-6,8-11,14-16H,7,12-13H2,1-2H3,(H,30,31)/b21-15-. The summed E-state index contributed by atoms with van der Waals surface area (Å²) in [6, 6.07) is 15.9. The van der Waals surface area contributed by atoms with E-state index in [0.717, 1.165) is 21.8 Å². The van der Waals surface area contributed by atoms with E-state index in [9.17, 15) is 18.0 Å². The number of carboxylic acid groups (broad SMARTS) is 1. The molecule has 1 aliphatic heterocycles. The van der Waals surface area contributed by atoms with Crippen molar-refractivity contribution in [1.82, 2.24) is 19.0 Å². The van der Waals surface area contributed by atoms with Crippen molar-refractivity contribution in [3.63, 3.8) is 0 Å². The van der Waals surface area contributed by atoms with Gasteiger partial charge in [-0.05, 0) is 36.8 Å². The maximum Gasteiger partial charge on any atom is 0.303 e. The summed E-state index contributed by atoms with van der Waals surface area (Å²) < 4.78 is 28.6. The summed E-state index contributed by atoms with van der Waals surface area (Å²) in [5.41, 5.74) is 2.47. The van der Waals surface area contributed by atoms with Crippen molar-refractivity contribution in [2.24, 2.45) is 0 Å². The fourth-order valence-electron chi connectivity index (χ4n) is 3.67. The number of hydrogen-bond donors (Lipinski definition) is 1. The van der Waals surface area contributed by atoms with E-state index in [1.807, 2.05) is 30.3 Å². The van der Waals surface area contributed by atoms with E-state index in [1.165, 1.54) is 25.1 Å². The van der Waals surface area contributed by atoms with Gasteiger partial charge >= 0.3 is 5.97 Å². The van der Waals surface area contributed by atoms with Crippen LogP contribution in [0.5, 0.6) is 0 Å². The molecule has 9 nitrogen and oxygen atoms in total. The first kappa shape index (κ1) is 26.7. The van der Waals surface area contributed by atoms with Crippen LogP contribution in [0.1, 0.15) is 18.4 Å². The quantitative estimate of drug-likeness (QED) is 0.312. The van der Waals surface area contributed by atoms with E-state index in [4.69, 9.17) is 22.4 Å². The van der Waals surface area contributed by atoms with E-state index in [2.05, 4.69) is 0 Å². The molecule has 2 aromatic carbocycles. The molecule has 1 amide bonds. The Morgan fingerprint density at radius 3 is 2.57 bits per heavy atom. The zero-order valence-electron chi connectivity index (χ0n) is 20.1. The Labute approximate surface area is 224 Å². The van der Waals surface area contributed by atoms with Crippen molar-refractivity contribution in [2.75, 3.05) is 20.6 Å². The van der Waals surface area contributed by atoms with E-state index in [1.54, 1.807) is 35.2 Å². The molecule has 192 valence electrons. The van der Waals surface area contributed by atoms with E-state index >= 15 is 0 Å². The number of hydrogen-bond acceptors (Lipinski definition) is 7. The Morgan fingerprint density at radius 1 is 1.16 bits per heavy atom. The smallest absolute Gasteiger partial charge is 0.303 e. The first-order valence-corrected chi connectivity index (χ1v) is 13.9. The topological polar surface area (TPSA) is 113 Å². The number of carbonyl (C=O) groups excluding carboxylic acids is 1. The predicted molar refractivity (Wildman–Crippen MR) is 147 cm³/mol. The van der Waals surface area contributed by atoms with Crippen LogP contribution in [0, 0.1) is 0 Å². The second-order valence-corrected chi connectivity index (χ2v) is 12.2. The highest BCUT2D eigenvalue weighted by Crippen LogP contribution is 2.35. The number of thioether (sulfide) groups is 1. The highest BCUT2D eigenvalue weighted by molar-refractivity contribution is 8.26. The van der Waals surface area contributed by atoms with Gasteiger partial charge in [-0.1, -0.05) is 54.3 Å². The largest absolute Gasteiger partial charge is 0.481 e. The predicted octanol–water partition coefficient (Wildman–Crippen LogP) is 3.86. The molecule has 1 saturated heterocycles. The zero-order chi connectivity index (χ0) is 26.7. The van der Waals surface area contributed by atoms with Crippen molar-refractivity contribution < 1.29 is 23.1 Å². The van der Waals surface area contributed by atoms with Crippen LogP contribution < -0.4 is 0 Å². The molecule has 0 aliphatic carbocycles. The molecule has 3 aromatic rings. The fourth-order valence-corrected chi connectivity index (χ4v) is 5.91. The minimum atomic E-state index is -3.67. The molecule has 0 spiro atoms. The van der Waals surface area contributed by atoms with Crippen LogP contribution in [-0.4, -0.2) is 69.3 Å². The van der Waals surface area contributed by atoms with Gasteiger partial charge in [0.2, 0.25) is 10.0 Å². The lowest BCUT2D eigenvalue weighted by Gasteiger charge is -2.13. The van der Waals surface area contributed by atoms with E-state index in [-0.39, 0.29) is 23.8 Å². The molecule has 2 heterocycles. The Kier molecular flexibility index (Phi) is 7.93. The molecule has 0 radical (unpaired) electrons. The number of para-hydroxylation sites is 1. The van der Waals surface area contributed by atoms with Crippen molar-refractivity contribution >= 4 is 56.3 Å². The molecular formula is C25H24N4O5S3. The average molecular weight is 557 g/mol. The monoisotopic (exact) mass is 556 g/mol. The maximum atomic E-state index is 13.1. The Balaban J connectivity index is 1.76. The second kappa shape index (κ2) is 11.0. The van der Waals surface area contributed by atoms with Gasteiger partial charge in [0.25, 0.3) is 5.91 Å². The zero-order valence-corrected chi connectivity index (χ0v) is 22.5. The van der Waals surface area contributed by atoms with Gasteiger partial charge in [-0.25, -0.2) is 17.4 Å². The molecule has 4 rings (SSSR count). The number of carbonyl (C=O) groups is 2. The Hall–Kier alpha value is -3.32. The molecule has 0 bridgehead atoms. The number of amides is 1. The minimum absolute atomic E-state index is 0.0592. The first-order valence-electron chi connectivity index (χ1n) is 11.2. The number of benzene rings is 2. The van der Waals surface area contributed by atoms with Gasteiger partial charge < -0.3 is 5.11 Å². The van der Waals surface area contributed by atoms with Gasteiger partial charge in [-0.15, -0.1) is 0 Å². The fraction of sp³-hybridized carbons (Fsp3) is 0.200. The summed E-state index contributed by atoms with van der Waals surface area (Å²) in [7, 11) is -0.730. The summed E-state index contributed by atoms with van der Waals surface area (Å²) in [4.78, 5) is 25.8. The molecule has 0 atom stereocenters. The minimum Gasteiger partial charge on any atom is -0.481 e. The van der Waals surface area contributed by atoms with Gasteiger partial charge in [0, 0.05) is 44.4 Å². The lowest BCUT2D eigenvalue weighted by Crippen LogP contribution is -2.29. The molecule has 0 saturated carbocycles. The van der Waals surface area contributed by atoms with Gasteiger partial charge in [-0.2, -0.15) is 5.10 Å². The lowest BCUT2D eigenvalue weighted by atomic mass is 10.1. The molecule has 12 heteroatoms. The first-order chi connectivity index (χ1) is 17.6.